The minimum atomic E-state index is -0.664. The Bertz CT molecular complexity index is 911. The summed E-state index contributed by atoms with van der Waals surface area (Å²) in [6.07, 6.45) is 11.4. The molecule has 32 heavy (non-hydrogen) atoms. The van der Waals surface area contributed by atoms with E-state index in [9.17, 15) is 14.0 Å². The third-order valence-corrected chi connectivity index (χ3v) is 7.96. The van der Waals surface area contributed by atoms with E-state index in [2.05, 4.69) is 0 Å². The molecule has 170 valence electrons. The Kier molecular flexibility index (Phi) is 5.34. The van der Waals surface area contributed by atoms with Crippen molar-refractivity contribution in [3.05, 3.63) is 59.2 Å². The van der Waals surface area contributed by atoms with Crippen LogP contribution in [0.5, 0.6) is 0 Å². The van der Waals surface area contributed by atoms with E-state index in [4.69, 9.17) is 9.47 Å². The van der Waals surface area contributed by atoms with Gasteiger partial charge in [0, 0.05) is 18.9 Å². The van der Waals surface area contributed by atoms with Gasteiger partial charge in [0.1, 0.15) is 5.82 Å². The van der Waals surface area contributed by atoms with E-state index in [-0.39, 0.29) is 11.2 Å². The Morgan fingerprint density at radius 3 is 1.81 bits per heavy atom. The number of hydrogen-bond acceptors (Lipinski definition) is 5. The zero-order chi connectivity index (χ0) is 22.5. The normalized spacial score (nSPS) is 31.2. The summed E-state index contributed by atoms with van der Waals surface area (Å²) in [6, 6.07) is 5.87. The lowest BCUT2D eigenvalue weighted by atomic mass is 9.49. The number of methoxy groups -OCH3 is 2. The molecule has 0 radical (unpaired) electrons. The van der Waals surface area contributed by atoms with Crippen molar-refractivity contribution in [3.63, 3.8) is 0 Å². The van der Waals surface area contributed by atoms with Crippen molar-refractivity contribution < 1.29 is 23.5 Å². The average Bonchev–Trinajstić information content (AvgIpc) is 2.77. The number of rotatable bonds is 5. The SMILES string of the molecule is COC(=O)C1=CN(CC23CC4CC(CC(C4)C2)C3)C=C(C(=O)OC)C1c1ccc(F)cc1. The predicted molar refractivity (Wildman–Crippen MR) is 117 cm³/mol. The summed E-state index contributed by atoms with van der Waals surface area (Å²) in [5.74, 6) is 0.403. The van der Waals surface area contributed by atoms with Gasteiger partial charge in [-0.3, -0.25) is 0 Å². The molecule has 0 N–H and O–H groups in total. The maximum absolute atomic E-state index is 13.6. The fourth-order valence-electron chi connectivity index (χ4n) is 7.26. The van der Waals surface area contributed by atoms with E-state index < -0.39 is 17.9 Å². The number of ether oxygens (including phenoxy) is 2. The Morgan fingerprint density at radius 2 is 1.38 bits per heavy atom. The lowest BCUT2D eigenvalue weighted by molar-refractivity contribution is -0.137. The maximum Gasteiger partial charge on any atom is 0.336 e. The second kappa shape index (κ2) is 8.05. The standard InChI is InChI=1S/C26H30FNO4/c1-31-24(29)21-13-28(15-26-10-16-7-17(11-26)9-18(8-16)12-26)14-22(25(30)32-2)23(21)19-3-5-20(27)6-4-19/h3-6,13-14,16-18,23H,7-12,15H2,1-2H3. The van der Waals surface area contributed by atoms with E-state index in [0.717, 1.165) is 24.3 Å². The Hall–Kier alpha value is -2.63. The quantitative estimate of drug-likeness (QED) is 0.630. The van der Waals surface area contributed by atoms with E-state index in [1.165, 1.54) is 64.9 Å². The predicted octanol–water partition coefficient (Wildman–Crippen LogP) is 4.56. The molecule has 0 unspecified atom stereocenters. The van der Waals surface area contributed by atoms with E-state index in [1.807, 2.05) is 17.3 Å². The monoisotopic (exact) mass is 439 g/mol. The molecule has 1 aromatic carbocycles. The van der Waals surface area contributed by atoms with Crippen molar-refractivity contribution in [1.29, 1.82) is 0 Å². The molecule has 1 aromatic rings. The Morgan fingerprint density at radius 1 is 0.906 bits per heavy atom. The first-order valence-electron chi connectivity index (χ1n) is 11.5. The van der Waals surface area contributed by atoms with Gasteiger partial charge in [0.25, 0.3) is 0 Å². The van der Waals surface area contributed by atoms with Gasteiger partial charge in [-0.15, -0.1) is 0 Å². The van der Waals surface area contributed by atoms with Gasteiger partial charge < -0.3 is 14.4 Å². The van der Waals surface area contributed by atoms with Crippen LogP contribution in [-0.4, -0.2) is 37.6 Å². The molecule has 4 saturated carbocycles. The molecule has 5 nitrogen and oxygen atoms in total. The van der Waals surface area contributed by atoms with Gasteiger partial charge >= 0.3 is 11.9 Å². The first kappa shape index (κ1) is 21.2. The number of carbonyl (C=O) groups excluding carboxylic acids is 2. The highest BCUT2D eigenvalue weighted by Gasteiger charge is 2.51. The van der Waals surface area contributed by atoms with Crippen molar-refractivity contribution in [2.45, 2.75) is 44.4 Å². The van der Waals surface area contributed by atoms with Crippen LogP contribution in [0.4, 0.5) is 4.39 Å². The number of hydrogen-bond donors (Lipinski definition) is 0. The number of halogens is 1. The number of nitrogens with zero attached hydrogens (tertiary/aromatic N) is 1. The summed E-state index contributed by atoms with van der Waals surface area (Å²) in [7, 11) is 2.68. The highest BCUT2D eigenvalue weighted by Crippen LogP contribution is 2.60. The first-order chi connectivity index (χ1) is 15.4. The van der Waals surface area contributed by atoms with Crippen LogP contribution in [0.2, 0.25) is 0 Å². The van der Waals surface area contributed by atoms with Gasteiger partial charge in [-0.2, -0.15) is 0 Å². The van der Waals surface area contributed by atoms with Crippen molar-refractivity contribution in [2.24, 2.45) is 23.2 Å². The molecule has 6 heteroatoms. The van der Waals surface area contributed by atoms with Gasteiger partial charge in [0.15, 0.2) is 0 Å². The van der Waals surface area contributed by atoms with Crippen LogP contribution in [0.25, 0.3) is 0 Å². The smallest absolute Gasteiger partial charge is 0.336 e. The van der Waals surface area contributed by atoms with Crippen LogP contribution in [0, 0.1) is 29.0 Å². The summed E-state index contributed by atoms with van der Waals surface area (Å²) in [5, 5.41) is 0. The van der Waals surface area contributed by atoms with Crippen LogP contribution in [0.3, 0.4) is 0 Å². The van der Waals surface area contributed by atoms with Gasteiger partial charge in [-0.05, 0) is 79.4 Å². The lowest BCUT2D eigenvalue weighted by Crippen LogP contribution is -2.50. The molecule has 0 spiro atoms. The molecule has 4 bridgehead atoms. The molecular formula is C26H30FNO4. The third kappa shape index (κ3) is 3.74. The van der Waals surface area contributed by atoms with Gasteiger partial charge in [-0.1, -0.05) is 12.1 Å². The second-order valence-corrected chi connectivity index (χ2v) is 10.2. The summed E-state index contributed by atoms with van der Waals surface area (Å²) in [4.78, 5) is 27.6. The molecule has 0 aromatic heterocycles. The number of carbonyl (C=O) groups is 2. The minimum absolute atomic E-state index is 0.229. The zero-order valence-corrected chi connectivity index (χ0v) is 18.7. The van der Waals surface area contributed by atoms with E-state index in [1.54, 1.807) is 12.1 Å². The molecule has 6 rings (SSSR count). The van der Waals surface area contributed by atoms with Crippen LogP contribution >= 0.6 is 0 Å². The number of esters is 2. The van der Waals surface area contributed by atoms with Gasteiger partial charge in [-0.25, -0.2) is 14.0 Å². The zero-order valence-electron chi connectivity index (χ0n) is 18.7. The molecule has 4 aliphatic carbocycles. The van der Waals surface area contributed by atoms with Crippen molar-refractivity contribution >= 4 is 11.9 Å². The minimum Gasteiger partial charge on any atom is -0.466 e. The topological polar surface area (TPSA) is 55.8 Å². The second-order valence-electron chi connectivity index (χ2n) is 10.2. The van der Waals surface area contributed by atoms with E-state index in [0.29, 0.717) is 16.7 Å². The van der Waals surface area contributed by atoms with Crippen molar-refractivity contribution in [2.75, 3.05) is 20.8 Å². The van der Waals surface area contributed by atoms with Gasteiger partial charge in [0.2, 0.25) is 0 Å². The van der Waals surface area contributed by atoms with Crippen molar-refractivity contribution in [3.8, 4) is 0 Å². The van der Waals surface area contributed by atoms with Crippen LogP contribution in [0.15, 0.2) is 47.8 Å². The summed E-state index contributed by atoms with van der Waals surface area (Å²) in [5.41, 5.74) is 1.61. The molecule has 1 aliphatic heterocycles. The fourth-order valence-corrected chi connectivity index (χ4v) is 7.26. The molecule has 0 atom stereocenters. The maximum atomic E-state index is 13.6. The highest BCUT2D eigenvalue weighted by atomic mass is 19.1. The Labute approximate surface area is 188 Å². The summed E-state index contributed by atoms with van der Waals surface area (Å²) < 4.78 is 23.7. The highest BCUT2D eigenvalue weighted by molar-refractivity contribution is 5.98. The molecule has 0 saturated heterocycles. The fraction of sp³-hybridized carbons (Fsp3) is 0.538. The molecule has 4 fully saturated rings. The third-order valence-electron chi connectivity index (χ3n) is 7.96. The van der Waals surface area contributed by atoms with Crippen LogP contribution in [-0.2, 0) is 19.1 Å². The Balaban J connectivity index is 1.51. The summed E-state index contributed by atoms with van der Waals surface area (Å²) in [6.45, 7) is 0.785. The first-order valence-corrected chi connectivity index (χ1v) is 11.5. The summed E-state index contributed by atoms with van der Waals surface area (Å²) >= 11 is 0. The number of benzene rings is 1. The average molecular weight is 440 g/mol. The van der Waals surface area contributed by atoms with Crippen LogP contribution < -0.4 is 0 Å². The van der Waals surface area contributed by atoms with E-state index >= 15 is 0 Å². The van der Waals surface area contributed by atoms with Crippen LogP contribution in [0.1, 0.15) is 50.0 Å². The largest absolute Gasteiger partial charge is 0.466 e. The van der Waals surface area contributed by atoms with Gasteiger partial charge in [0.05, 0.1) is 31.3 Å². The lowest BCUT2D eigenvalue weighted by Gasteiger charge is -2.57. The molecule has 5 aliphatic rings. The van der Waals surface area contributed by atoms with Crippen molar-refractivity contribution in [1.82, 2.24) is 4.90 Å². The molecular weight excluding hydrogens is 409 g/mol. The molecule has 1 heterocycles. The molecule has 0 amide bonds.